The fourth-order valence-electron chi connectivity index (χ4n) is 5.03. The highest BCUT2D eigenvalue weighted by Gasteiger charge is 2.37. The number of pyridine rings is 1. The smallest absolute Gasteiger partial charge is 0.333 e. The predicted octanol–water partition coefficient (Wildman–Crippen LogP) is 4.43. The van der Waals surface area contributed by atoms with Gasteiger partial charge in [0.1, 0.15) is 11.6 Å². The summed E-state index contributed by atoms with van der Waals surface area (Å²) < 4.78 is 53.0. The molecule has 2 aliphatic rings. The van der Waals surface area contributed by atoms with E-state index in [-0.39, 0.29) is 17.3 Å². The Bertz CT molecular complexity index is 1680. The Hall–Kier alpha value is -3.98. The lowest BCUT2D eigenvalue weighted by molar-refractivity contribution is 0.0568. The van der Waals surface area contributed by atoms with Gasteiger partial charge in [-0.2, -0.15) is 23.1 Å². The van der Waals surface area contributed by atoms with E-state index in [2.05, 4.69) is 42.7 Å². The van der Waals surface area contributed by atoms with Crippen molar-refractivity contribution in [1.82, 2.24) is 33.9 Å². The molecule has 15 heteroatoms. The minimum Gasteiger partial charge on any atom is -0.393 e. The number of anilines is 3. The maximum Gasteiger partial charge on any atom is 0.333 e. The highest BCUT2D eigenvalue weighted by atomic mass is 32.2. The predicted molar refractivity (Wildman–Crippen MR) is 152 cm³/mol. The third-order valence-electron chi connectivity index (χ3n) is 7.79. The molecule has 12 nitrogen and oxygen atoms in total. The number of hydrogen-bond acceptors (Lipinski definition) is 10. The molecule has 0 saturated heterocycles. The van der Waals surface area contributed by atoms with E-state index in [4.69, 9.17) is 0 Å². The largest absolute Gasteiger partial charge is 0.393 e. The number of nitrogens with one attached hydrogen (secondary N) is 2. The first-order valence-corrected chi connectivity index (χ1v) is 15.3. The minimum atomic E-state index is -3.51. The maximum atomic E-state index is 13.2. The Morgan fingerprint density at radius 1 is 1.12 bits per heavy atom. The minimum absolute atomic E-state index is 0.0469. The second-order valence-corrected chi connectivity index (χ2v) is 13.3. The number of rotatable bonds is 10. The third kappa shape index (κ3) is 5.97. The molecule has 4 aromatic rings. The number of aliphatic hydroxyl groups excluding tert-OH is 1. The van der Waals surface area contributed by atoms with Crippen LogP contribution >= 0.6 is 0 Å². The lowest BCUT2D eigenvalue weighted by Crippen LogP contribution is -2.33. The van der Waals surface area contributed by atoms with Crippen LogP contribution in [-0.4, -0.2) is 65.3 Å². The lowest BCUT2D eigenvalue weighted by Gasteiger charge is -2.36. The summed E-state index contributed by atoms with van der Waals surface area (Å²) in [7, 11) is -3.51. The molecule has 0 unspecified atom stereocenters. The van der Waals surface area contributed by atoms with E-state index in [0.717, 1.165) is 29.8 Å². The summed E-state index contributed by atoms with van der Waals surface area (Å²) >= 11 is 0. The van der Waals surface area contributed by atoms with Crippen molar-refractivity contribution in [3.63, 3.8) is 0 Å². The average molecular weight is 600 g/mol. The second kappa shape index (κ2) is 11.0. The van der Waals surface area contributed by atoms with Gasteiger partial charge in [0.25, 0.3) is 10.0 Å². The molecule has 6 rings (SSSR count). The zero-order valence-electron chi connectivity index (χ0n) is 22.9. The Morgan fingerprint density at radius 2 is 1.90 bits per heavy atom. The van der Waals surface area contributed by atoms with Crippen LogP contribution in [0, 0.1) is 5.41 Å². The lowest BCUT2D eigenvalue weighted by atomic mass is 9.74. The Kier molecular flexibility index (Phi) is 7.39. The second-order valence-electron chi connectivity index (χ2n) is 11.2. The number of hydrogen-bond donors (Lipinski definition) is 3. The summed E-state index contributed by atoms with van der Waals surface area (Å²) in [6.45, 7) is 0.0131. The fraction of sp³-hybridized carbons (Fsp3) is 0.444. The average Bonchev–Trinajstić information content (AvgIpc) is 3.51. The number of halogens is 2. The van der Waals surface area contributed by atoms with Gasteiger partial charge in [0.2, 0.25) is 0 Å². The van der Waals surface area contributed by atoms with Crippen molar-refractivity contribution in [2.45, 2.75) is 63.4 Å². The van der Waals surface area contributed by atoms with Crippen LogP contribution in [0.1, 0.15) is 52.0 Å². The Morgan fingerprint density at radius 3 is 2.62 bits per heavy atom. The van der Waals surface area contributed by atoms with Gasteiger partial charge in [-0.15, -0.1) is 0 Å². The van der Waals surface area contributed by atoms with E-state index in [1.54, 1.807) is 24.5 Å². The van der Waals surface area contributed by atoms with Gasteiger partial charge in [-0.05, 0) is 56.1 Å². The first-order valence-electron chi connectivity index (χ1n) is 13.7. The first kappa shape index (κ1) is 28.2. The van der Waals surface area contributed by atoms with Gasteiger partial charge in [-0.3, -0.25) is 0 Å². The molecular formula is C27H31F2N9O3S. The van der Waals surface area contributed by atoms with Gasteiger partial charge < -0.3 is 15.7 Å². The molecule has 3 N–H and O–H groups in total. The highest BCUT2D eigenvalue weighted by molar-refractivity contribution is 7.90. The highest BCUT2D eigenvalue weighted by Crippen LogP contribution is 2.38. The monoisotopic (exact) mass is 599 g/mol. The summed E-state index contributed by atoms with van der Waals surface area (Å²) in [5.41, 5.74) is 1.97. The van der Waals surface area contributed by atoms with Crippen molar-refractivity contribution >= 4 is 27.3 Å². The molecule has 4 aromatic heterocycles. The molecule has 4 heterocycles. The summed E-state index contributed by atoms with van der Waals surface area (Å²) in [4.78, 5) is 13.3. The summed E-state index contributed by atoms with van der Waals surface area (Å²) in [6.07, 6.45) is 11.3. The molecule has 0 aliphatic heterocycles. The molecule has 0 spiro atoms. The van der Waals surface area contributed by atoms with Crippen LogP contribution in [0.3, 0.4) is 0 Å². The van der Waals surface area contributed by atoms with E-state index in [1.165, 1.54) is 24.7 Å². The van der Waals surface area contributed by atoms with Crippen molar-refractivity contribution in [2.24, 2.45) is 5.41 Å². The van der Waals surface area contributed by atoms with E-state index in [9.17, 15) is 22.3 Å². The van der Waals surface area contributed by atoms with Gasteiger partial charge in [-0.25, -0.2) is 28.1 Å². The number of nitrogens with zero attached hydrogens (tertiary/aromatic N) is 7. The molecule has 42 heavy (non-hydrogen) atoms. The molecule has 0 radical (unpaired) electrons. The molecule has 2 saturated carbocycles. The van der Waals surface area contributed by atoms with E-state index >= 15 is 0 Å². The van der Waals surface area contributed by atoms with Crippen LogP contribution in [0.25, 0.3) is 22.6 Å². The quantitative estimate of drug-likeness (QED) is 0.239. The van der Waals surface area contributed by atoms with Crippen molar-refractivity contribution in [3.8, 4) is 22.6 Å². The zero-order valence-corrected chi connectivity index (χ0v) is 23.7. The molecular weight excluding hydrogens is 568 g/mol. The van der Waals surface area contributed by atoms with Gasteiger partial charge in [0.05, 0.1) is 35.0 Å². The topological polar surface area (TPSA) is 153 Å². The summed E-state index contributed by atoms with van der Waals surface area (Å²) in [5.74, 6) is 1.15. The molecule has 0 amide bonds. The van der Waals surface area contributed by atoms with E-state index < -0.39 is 21.8 Å². The molecule has 0 bridgehead atoms. The molecule has 0 atom stereocenters. The molecule has 2 aliphatic carbocycles. The molecule has 2 fully saturated rings. The van der Waals surface area contributed by atoms with Crippen LogP contribution < -0.4 is 10.6 Å². The molecule has 222 valence electrons. The standard InChI is InChI=1S/C27H31F2N9O3S/c1-27(8-4-18(39)5-9-27)16-32-22-12-24(31-14-20(22)21-7-11-37(36-21)26(28)29)34-23-6-10-30-25(35-23)17-13-33-38(15-17)42(40,41)19-2-3-19/h6-7,10-15,18-19,26,39H,2-5,8-9,16H2,1H3,(H2,30,31,32,34,35). The first-order chi connectivity index (χ1) is 20.1. The number of aromatic nitrogens is 7. The molecule has 0 aromatic carbocycles. The van der Waals surface area contributed by atoms with Gasteiger partial charge in [-0.1, -0.05) is 6.92 Å². The van der Waals surface area contributed by atoms with Gasteiger partial charge >= 0.3 is 6.55 Å². The summed E-state index contributed by atoms with van der Waals surface area (Å²) in [5, 5.41) is 24.2. The van der Waals surface area contributed by atoms with Crippen LogP contribution in [0.15, 0.2) is 49.2 Å². The zero-order chi connectivity index (χ0) is 29.5. The van der Waals surface area contributed by atoms with Crippen molar-refractivity contribution in [2.75, 3.05) is 17.2 Å². The number of alkyl halides is 2. The van der Waals surface area contributed by atoms with Crippen LogP contribution in [0.5, 0.6) is 0 Å². The van der Waals surface area contributed by atoms with Crippen molar-refractivity contribution in [3.05, 3.63) is 49.2 Å². The van der Waals surface area contributed by atoms with Gasteiger partial charge in [0.15, 0.2) is 5.82 Å². The van der Waals surface area contributed by atoms with Crippen molar-refractivity contribution in [1.29, 1.82) is 0 Å². The van der Waals surface area contributed by atoms with Crippen LogP contribution in [0.4, 0.5) is 26.1 Å². The Labute approximate surface area is 241 Å². The number of aliphatic hydroxyl groups is 1. The Balaban J connectivity index is 1.25. The van der Waals surface area contributed by atoms with Crippen molar-refractivity contribution < 1.29 is 22.3 Å². The fourth-order valence-corrected chi connectivity index (χ4v) is 6.50. The third-order valence-corrected chi connectivity index (χ3v) is 9.83. The van der Waals surface area contributed by atoms with Gasteiger partial charge in [0, 0.05) is 42.5 Å². The van der Waals surface area contributed by atoms with E-state index in [0.29, 0.717) is 58.2 Å². The van der Waals surface area contributed by atoms with Crippen LogP contribution in [0.2, 0.25) is 0 Å². The normalized spacial score (nSPS) is 21.0. The van der Waals surface area contributed by atoms with E-state index in [1.807, 2.05) is 0 Å². The SMILES string of the molecule is CC1(CNc2cc(Nc3ccnc(-c4cnn(S(=O)(=O)C5CC5)c4)n3)ncc2-c2ccn(C(F)F)n2)CCC(O)CC1. The maximum absolute atomic E-state index is 13.2. The summed E-state index contributed by atoms with van der Waals surface area (Å²) in [6, 6.07) is 4.93. The van der Waals surface area contributed by atoms with Crippen LogP contribution in [-0.2, 0) is 10.0 Å².